The number of carbonyl (C=O) groups is 2. The van der Waals surface area contributed by atoms with Crippen molar-refractivity contribution in [1.82, 2.24) is 0 Å². The number of carboxylic acids is 1. The van der Waals surface area contributed by atoms with Gasteiger partial charge < -0.3 is 14.9 Å². The van der Waals surface area contributed by atoms with Crippen molar-refractivity contribution in [3.8, 4) is 0 Å². The lowest BCUT2D eigenvalue weighted by Crippen LogP contribution is -2.29. The van der Waals surface area contributed by atoms with Crippen LogP contribution in [0.3, 0.4) is 0 Å². The fourth-order valence-corrected chi connectivity index (χ4v) is 0.323. The van der Waals surface area contributed by atoms with Crippen molar-refractivity contribution in [2.24, 2.45) is 0 Å². The molecule has 0 saturated carbocycles. The number of aliphatic hydroxyl groups excluding tert-OH is 1. The van der Waals surface area contributed by atoms with Gasteiger partial charge in [0.15, 0.2) is 6.10 Å². The number of aliphatic hydroxyl groups is 1. The number of ether oxygens (including phenoxy) is 1. The van der Waals surface area contributed by atoms with Crippen LogP contribution in [0, 0.1) is 0 Å². The van der Waals surface area contributed by atoms with Crippen molar-refractivity contribution in [2.75, 3.05) is 0 Å². The molecule has 5 nitrogen and oxygen atoms in total. The Morgan fingerprint density at radius 2 is 1.82 bits per heavy atom. The van der Waals surface area contributed by atoms with Gasteiger partial charge in [-0.25, -0.2) is 9.59 Å². The molecule has 0 aromatic rings. The summed E-state index contributed by atoms with van der Waals surface area (Å²) in [5.41, 5.74) is 0. The predicted octanol–water partition coefficient (Wildman–Crippen LogP) is -0.617. The maximum atomic E-state index is 10.5. The molecular formula is C6H10O5. The standard InChI is InChI=1S/C6H10O5/c1-3(7)6(10)11-4(2)5(8)9/h3-4,7H,1-2H3,(H,8,9)/t3?,4-/m1/s1. The van der Waals surface area contributed by atoms with Crippen molar-refractivity contribution in [3.05, 3.63) is 0 Å². The summed E-state index contributed by atoms with van der Waals surface area (Å²) in [6.07, 6.45) is -2.49. The molecule has 0 fully saturated rings. The highest BCUT2D eigenvalue weighted by Crippen LogP contribution is 1.94. The monoisotopic (exact) mass is 162 g/mol. The first-order chi connectivity index (χ1) is 4.95. The van der Waals surface area contributed by atoms with Crippen molar-refractivity contribution < 1.29 is 24.5 Å². The highest BCUT2D eigenvalue weighted by atomic mass is 16.6. The molecule has 0 amide bonds. The summed E-state index contributed by atoms with van der Waals surface area (Å²) in [5, 5.41) is 16.8. The number of carboxylic acid groups (broad SMARTS) is 1. The minimum Gasteiger partial charge on any atom is -0.479 e. The second-order valence-electron chi connectivity index (χ2n) is 2.09. The van der Waals surface area contributed by atoms with E-state index in [0.29, 0.717) is 0 Å². The molecule has 0 aliphatic rings. The Bertz CT molecular complexity index is 162. The quantitative estimate of drug-likeness (QED) is 0.540. The number of hydrogen-bond donors (Lipinski definition) is 2. The lowest BCUT2D eigenvalue weighted by Gasteiger charge is -2.09. The van der Waals surface area contributed by atoms with E-state index in [1.54, 1.807) is 0 Å². The maximum absolute atomic E-state index is 10.5. The molecule has 0 saturated heterocycles. The molecule has 0 heterocycles. The Hall–Kier alpha value is -1.10. The number of hydrogen-bond acceptors (Lipinski definition) is 4. The summed E-state index contributed by atoms with van der Waals surface area (Å²) in [4.78, 5) is 20.6. The fourth-order valence-electron chi connectivity index (χ4n) is 0.323. The van der Waals surface area contributed by atoms with Gasteiger partial charge >= 0.3 is 11.9 Å². The summed E-state index contributed by atoms with van der Waals surface area (Å²) < 4.78 is 4.28. The van der Waals surface area contributed by atoms with E-state index < -0.39 is 24.1 Å². The Labute approximate surface area is 63.6 Å². The third kappa shape index (κ3) is 3.57. The first-order valence-corrected chi connectivity index (χ1v) is 3.06. The van der Waals surface area contributed by atoms with Crippen LogP contribution in [0.5, 0.6) is 0 Å². The van der Waals surface area contributed by atoms with Crippen LogP contribution >= 0.6 is 0 Å². The van der Waals surface area contributed by atoms with Crippen molar-refractivity contribution in [1.29, 1.82) is 0 Å². The minimum atomic E-state index is -1.28. The van der Waals surface area contributed by atoms with Crippen molar-refractivity contribution in [3.63, 3.8) is 0 Å². The lowest BCUT2D eigenvalue weighted by atomic mass is 10.4. The molecular weight excluding hydrogens is 152 g/mol. The molecule has 64 valence electrons. The zero-order valence-corrected chi connectivity index (χ0v) is 6.27. The van der Waals surface area contributed by atoms with E-state index in [4.69, 9.17) is 10.2 Å². The van der Waals surface area contributed by atoms with Gasteiger partial charge in [0.05, 0.1) is 0 Å². The summed E-state index contributed by atoms with van der Waals surface area (Å²) in [6, 6.07) is 0. The molecule has 0 radical (unpaired) electrons. The fraction of sp³-hybridized carbons (Fsp3) is 0.667. The topological polar surface area (TPSA) is 83.8 Å². The second-order valence-corrected chi connectivity index (χ2v) is 2.09. The SMILES string of the molecule is CC(O)C(=O)O[C@H](C)C(=O)O. The molecule has 2 N–H and O–H groups in total. The van der Waals surface area contributed by atoms with Crippen LogP contribution in [0.4, 0.5) is 0 Å². The largest absolute Gasteiger partial charge is 0.479 e. The van der Waals surface area contributed by atoms with E-state index in [1.807, 2.05) is 0 Å². The van der Waals surface area contributed by atoms with E-state index in [0.717, 1.165) is 0 Å². The molecule has 5 heteroatoms. The average Bonchev–Trinajstić information content (AvgIpc) is 1.87. The van der Waals surface area contributed by atoms with Gasteiger partial charge in [0.25, 0.3) is 0 Å². The van der Waals surface area contributed by atoms with Crippen LogP contribution in [0.1, 0.15) is 13.8 Å². The van der Waals surface area contributed by atoms with Crippen molar-refractivity contribution in [2.45, 2.75) is 26.1 Å². The number of esters is 1. The first-order valence-electron chi connectivity index (χ1n) is 3.06. The Morgan fingerprint density at radius 1 is 1.36 bits per heavy atom. The molecule has 2 atom stereocenters. The lowest BCUT2D eigenvalue weighted by molar-refractivity contribution is -0.168. The molecule has 0 bridgehead atoms. The van der Waals surface area contributed by atoms with Crippen LogP contribution < -0.4 is 0 Å². The van der Waals surface area contributed by atoms with E-state index in [-0.39, 0.29) is 0 Å². The highest BCUT2D eigenvalue weighted by Gasteiger charge is 2.18. The molecule has 0 aliphatic heterocycles. The smallest absolute Gasteiger partial charge is 0.344 e. The second kappa shape index (κ2) is 3.92. The van der Waals surface area contributed by atoms with Crippen LogP contribution in [-0.2, 0) is 14.3 Å². The van der Waals surface area contributed by atoms with Gasteiger partial charge in [0.1, 0.15) is 6.10 Å². The Balaban J connectivity index is 3.85. The highest BCUT2D eigenvalue weighted by molar-refractivity contribution is 5.79. The molecule has 0 rings (SSSR count). The molecule has 0 spiro atoms. The first kappa shape index (κ1) is 9.90. The summed E-state index contributed by atoms with van der Waals surface area (Å²) in [5.74, 6) is -2.17. The predicted molar refractivity (Wildman–Crippen MR) is 34.9 cm³/mol. The van der Waals surface area contributed by atoms with Crippen LogP contribution in [0.2, 0.25) is 0 Å². The van der Waals surface area contributed by atoms with Crippen LogP contribution in [0.15, 0.2) is 0 Å². The van der Waals surface area contributed by atoms with E-state index in [1.165, 1.54) is 13.8 Å². The zero-order valence-electron chi connectivity index (χ0n) is 6.27. The normalized spacial score (nSPS) is 15.2. The van der Waals surface area contributed by atoms with E-state index in [9.17, 15) is 9.59 Å². The van der Waals surface area contributed by atoms with Gasteiger partial charge in [-0.2, -0.15) is 0 Å². The van der Waals surface area contributed by atoms with Gasteiger partial charge in [-0.3, -0.25) is 0 Å². The maximum Gasteiger partial charge on any atom is 0.344 e. The molecule has 1 unspecified atom stereocenters. The van der Waals surface area contributed by atoms with Gasteiger partial charge in [0, 0.05) is 0 Å². The summed E-state index contributed by atoms with van der Waals surface area (Å²) in [7, 11) is 0. The molecule has 0 aromatic heterocycles. The van der Waals surface area contributed by atoms with Crippen molar-refractivity contribution >= 4 is 11.9 Å². The minimum absolute atomic E-state index is 0.931. The average molecular weight is 162 g/mol. The third-order valence-electron chi connectivity index (χ3n) is 0.982. The number of aliphatic carboxylic acids is 1. The molecule has 11 heavy (non-hydrogen) atoms. The van der Waals surface area contributed by atoms with E-state index >= 15 is 0 Å². The number of carbonyl (C=O) groups excluding carboxylic acids is 1. The zero-order chi connectivity index (χ0) is 9.02. The molecule has 0 aromatic carbocycles. The van der Waals surface area contributed by atoms with Gasteiger partial charge in [0.2, 0.25) is 0 Å². The van der Waals surface area contributed by atoms with Gasteiger partial charge in [-0.1, -0.05) is 0 Å². The Morgan fingerprint density at radius 3 is 2.09 bits per heavy atom. The third-order valence-corrected chi connectivity index (χ3v) is 0.982. The van der Waals surface area contributed by atoms with Crippen LogP contribution in [-0.4, -0.2) is 34.4 Å². The van der Waals surface area contributed by atoms with Gasteiger partial charge in [-0.05, 0) is 13.8 Å². The summed E-state index contributed by atoms with van der Waals surface area (Å²) in [6.45, 7) is 2.42. The Kier molecular flexibility index (Phi) is 3.53. The van der Waals surface area contributed by atoms with E-state index in [2.05, 4.69) is 4.74 Å². The summed E-state index contributed by atoms with van der Waals surface area (Å²) >= 11 is 0. The van der Waals surface area contributed by atoms with Gasteiger partial charge in [-0.15, -0.1) is 0 Å². The molecule has 0 aliphatic carbocycles. The van der Waals surface area contributed by atoms with Crippen LogP contribution in [0.25, 0.3) is 0 Å². The number of rotatable bonds is 3.